The number of piperidine rings is 1. The lowest BCUT2D eigenvalue weighted by atomic mass is 9.90. The van der Waals surface area contributed by atoms with Crippen molar-refractivity contribution < 1.29 is 9.90 Å². The molecular formula is C18H23N3O2. The minimum Gasteiger partial charge on any atom is -0.480 e. The summed E-state index contributed by atoms with van der Waals surface area (Å²) in [6, 6.07) is 8.97. The SMILES string of the molecule is CCn1cc(C2CCN(C(C(=O)O)c3ccccc3)CC2)cn1. The average Bonchev–Trinajstić information content (AvgIpc) is 3.05. The molecule has 1 fully saturated rings. The lowest BCUT2D eigenvalue weighted by Crippen LogP contribution is -2.39. The van der Waals surface area contributed by atoms with Gasteiger partial charge in [-0.25, -0.2) is 0 Å². The van der Waals surface area contributed by atoms with Gasteiger partial charge in [0.2, 0.25) is 0 Å². The van der Waals surface area contributed by atoms with Crippen LogP contribution in [0.15, 0.2) is 42.7 Å². The van der Waals surface area contributed by atoms with E-state index >= 15 is 0 Å². The van der Waals surface area contributed by atoms with E-state index in [0.29, 0.717) is 5.92 Å². The molecule has 1 aromatic carbocycles. The number of hydrogen-bond donors (Lipinski definition) is 1. The predicted octanol–water partition coefficient (Wildman–Crippen LogP) is 2.91. The molecule has 0 amide bonds. The van der Waals surface area contributed by atoms with E-state index in [-0.39, 0.29) is 0 Å². The first kappa shape index (κ1) is 15.7. The highest BCUT2D eigenvalue weighted by atomic mass is 16.4. The maximum absolute atomic E-state index is 11.7. The van der Waals surface area contributed by atoms with Gasteiger partial charge in [-0.3, -0.25) is 14.4 Å². The van der Waals surface area contributed by atoms with Crippen molar-refractivity contribution in [1.29, 1.82) is 0 Å². The van der Waals surface area contributed by atoms with Gasteiger partial charge in [0.05, 0.1) is 6.20 Å². The number of carboxylic acid groups (broad SMARTS) is 1. The zero-order valence-electron chi connectivity index (χ0n) is 13.4. The van der Waals surface area contributed by atoms with Crippen molar-refractivity contribution in [3.63, 3.8) is 0 Å². The Kier molecular flexibility index (Phi) is 4.76. The van der Waals surface area contributed by atoms with Crippen LogP contribution in [0.3, 0.4) is 0 Å². The van der Waals surface area contributed by atoms with Gasteiger partial charge in [0.15, 0.2) is 0 Å². The van der Waals surface area contributed by atoms with Crippen molar-refractivity contribution in [2.75, 3.05) is 13.1 Å². The van der Waals surface area contributed by atoms with Gasteiger partial charge >= 0.3 is 5.97 Å². The highest BCUT2D eigenvalue weighted by molar-refractivity contribution is 5.75. The molecule has 1 N–H and O–H groups in total. The van der Waals surface area contributed by atoms with Gasteiger partial charge in [-0.15, -0.1) is 0 Å². The van der Waals surface area contributed by atoms with Crippen molar-refractivity contribution in [3.8, 4) is 0 Å². The number of aryl methyl sites for hydroxylation is 1. The number of aliphatic carboxylic acids is 1. The molecule has 1 atom stereocenters. The second kappa shape index (κ2) is 6.96. The Morgan fingerprint density at radius 3 is 2.57 bits per heavy atom. The Morgan fingerprint density at radius 1 is 1.30 bits per heavy atom. The van der Waals surface area contributed by atoms with E-state index in [1.165, 1.54) is 5.56 Å². The zero-order valence-corrected chi connectivity index (χ0v) is 13.4. The lowest BCUT2D eigenvalue weighted by Gasteiger charge is -2.35. The van der Waals surface area contributed by atoms with Crippen molar-refractivity contribution in [2.24, 2.45) is 0 Å². The van der Waals surface area contributed by atoms with Crippen molar-refractivity contribution in [2.45, 2.75) is 38.3 Å². The van der Waals surface area contributed by atoms with E-state index in [0.717, 1.165) is 38.0 Å². The predicted molar refractivity (Wildman–Crippen MR) is 88.3 cm³/mol. The molecule has 1 aliphatic heterocycles. The molecule has 0 bridgehead atoms. The summed E-state index contributed by atoms with van der Waals surface area (Å²) in [7, 11) is 0. The van der Waals surface area contributed by atoms with Crippen LogP contribution in [0.2, 0.25) is 0 Å². The van der Waals surface area contributed by atoms with Crippen LogP contribution in [0.25, 0.3) is 0 Å². The van der Waals surface area contributed by atoms with Crippen LogP contribution in [0.1, 0.15) is 42.9 Å². The van der Waals surface area contributed by atoms with Crippen LogP contribution in [0.4, 0.5) is 0 Å². The maximum Gasteiger partial charge on any atom is 0.325 e. The second-order valence-electron chi connectivity index (χ2n) is 6.09. The topological polar surface area (TPSA) is 58.4 Å². The molecule has 5 heteroatoms. The molecule has 0 aliphatic carbocycles. The molecule has 1 aromatic heterocycles. The smallest absolute Gasteiger partial charge is 0.325 e. The fraction of sp³-hybridized carbons (Fsp3) is 0.444. The largest absolute Gasteiger partial charge is 0.480 e. The number of likely N-dealkylation sites (tertiary alicyclic amines) is 1. The van der Waals surface area contributed by atoms with Gasteiger partial charge in [-0.1, -0.05) is 30.3 Å². The third kappa shape index (κ3) is 3.45. The monoisotopic (exact) mass is 313 g/mol. The van der Waals surface area contributed by atoms with E-state index in [1.54, 1.807) is 0 Å². The minimum atomic E-state index is -0.770. The number of hydrogen-bond acceptors (Lipinski definition) is 3. The van der Waals surface area contributed by atoms with Gasteiger partial charge in [-0.05, 0) is 49.9 Å². The standard InChI is InChI=1S/C18H23N3O2/c1-2-21-13-16(12-19-21)14-8-10-20(11-9-14)17(18(22)23)15-6-4-3-5-7-15/h3-7,12-14,17H,2,8-11H2,1H3,(H,22,23). The maximum atomic E-state index is 11.7. The van der Waals surface area contributed by atoms with Gasteiger partial charge in [-0.2, -0.15) is 5.10 Å². The van der Waals surface area contributed by atoms with E-state index in [4.69, 9.17) is 0 Å². The summed E-state index contributed by atoms with van der Waals surface area (Å²) in [6.07, 6.45) is 6.03. The van der Waals surface area contributed by atoms with Gasteiger partial charge in [0.1, 0.15) is 6.04 Å². The molecule has 0 saturated carbocycles. The third-order valence-corrected chi connectivity index (χ3v) is 4.69. The molecule has 0 spiro atoms. The first-order chi connectivity index (χ1) is 11.2. The Labute approximate surface area is 136 Å². The minimum absolute atomic E-state index is 0.483. The molecule has 1 aliphatic rings. The summed E-state index contributed by atoms with van der Waals surface area (Å²) < 4.78 is 1.95. The summed E-state index contributed by atoms with van der Waals surface area (Å²) in [5, 5.41) is 14.0. The second-order valence-corrected chi connectivity index (χ2v) is 6.09. The molecule has 0 radical (unpaired) electrons. The first-order valence-electron chi connectivity index (χ1n) is 8.23. The lowest BCUT2D eigenvalue weighted by molar-refractivity contribution is -0.144. The molecule has 1 saturated heterocycles. The highest BCUT2D eigenvalue weighted by Gasteiger charge is 2.31. The van der Waals surface area contributed by atoms with Crippen molar-refractivity contribution in [1.82, 2.24) is 14.7 Å². The quantitative estimate of drug-likeness (QED) is 0.922. The number of benzene rings is 1. The van der Waals surface area contributed by atoms with E-state index in [1.807, 2.05) is 41.2 Å². The summed E-state index contributed by atoms with van der Waals surface area (Å²) in [6.45, 7) is 4.56. The van der Waals surface area contributed by atoms with Gasteiger partial charge in [0.25, 0.3) is 0 Å². The van der Waals surface area contributed by atoms with E-state index in [9.17, 15) is 9.90 Å². The number of carboxylic acids is 1. The average molecular weight is 313 g/mol. The van der Waals surface area contributed by atoms with E-state index < -0.39 is 12.0 Å². The molecule has 2 aromatic rings. The Bertz CT molecular complexity index is 645. The Hall–Kier alpha value is -2.14. The molecule has 1 unspecified atom stereocenters. The molecule has 122 valence electrons. The van der Waals surface area contributed by atoms with Crippen LogP contribution in [-0.2, 0) is 11.3 Å². The summed E-state index contributed by atoms with van der Waals surface area (Å²) in [4.78, 5) is 13.8. The number of aromatic nitrogens is 2. The number of carbonyl (C=O) groups is 1. The van der Waals surface area contributed by atoms with Crippen LogP contribution < -0.4 is 0 Å². The van der Waals surface area contributed by atoms with Crippen LogP contribution in [0, 0.1) is 0 Å². The third-order valence-electron chi connectivity index (χ3n) is 4.69. The fourth-order valence-electron chi connectivity index (χ4n) is 3.40. The molecule has 5 nitrogen and oxygen atoms in total. The van der Waals surface area contributed by atoms with Crippen molar-refractivity contribution >= 4 is 5.97 Å². The summed E-state index contributed by atoms with van der Waals surface area (Å²) >= 11 is 0. The molecule has 2 heterocycles. The van der Waals surface area contributed by atoms with E-state index in [2.05, 4.69) is 23.1 Å². The van der Waals surface area contributed by atoms with Gasteiger partial charge in [0, 0.05) is 12.7 Å². The zero-order chi connectivity index (χ0) is 16.2. The normalized spacial score (nSPS) is 18.0. The van der Waals surface area contributed by atoms with Crippen LogP contribution in [0.5, 0.6) is 0 Å². The van der Waals surface area contributed by atoms with Crippen LogP contribution in [-0.4, -0.2) is 38.8 Å². The molecular weight excluding hydrogens is 290 g/mol. The summed E-state index contributed by atoms with van der Waals surface area (Å²) in [5.74, 6) is -0.287. The Morgan fingerprint density at radius 2 is 2.00 bits per heavy atom. The summed E-state index contributed by atoms with van der Waals surface area (Å²) in [5.41, 5.74) is 2.13. The first-order valence-corrected chi connectivity index (χ1v) is 8.23. The molecule has 23 heavy (non-hydrogen) atoms. The van der Waals surface area contributed by atoms with Crippen molar-refractivity contribution in [3.05, 3.63) is 53.9 Å². The fourth-order valence-corrected chi connectivity index (χ4v) is 3.40. The number of nitrogens with zero attached hydrogens (tertiary/aromatic N) is 3. The molecule has 3 rings (SSSR count). The van der Waals surface area contributed by atoms with Crippen LogP contribution >= 0.6 is 0 Å². The number of rotatable bonds is 5. The highest BCUT2D eigenvalue weighted by Crippen LogP contribution is 2.32. The Balaban J connectivity index is 1.68. The van der Waals surface area contributed by atoms with Gasteiger partial charge < -0.3 is 5.11 Å².